The van der Waals surface area contributed by atoms with Gasteiger partial charge in [0.15, 0.2) is 0 Å². The van der Waals surface area contributed by atoms with E-state index in [1.165, 1.54) is 0 Å². The zero-order chi connectivity index (χ0) is 20.2. The maximum absolute atomic E-state index is 13.2. The molecule has 0 bridgehead atoms. The summed E-state index contributed by atoms with van der Waals surface area (Å²) in [4.78, 5) is 29.1. The highest BCUT2D eigenvalue weighted by molar-refractivity contribution is 6.35. The first-order valence-electron chi connectivity index (χ1n) is 9.34. The van der Waals surface area contributed by atoms with E-state index in [-0.39, 0.29) is 5.91 Å². The molecule has 7 heteroatoms. The van der Waals surface area contributed by atoms with Crippen molar-refractivity contribution in [1.82, 2.24) is 9.80 Å². The number of piperidine rings is 1. The highest BCUT2D eigenvalue weighted by Crippen LogP contribution is 2.25. The van der Waals surface area contributed by atoms with Crippen LogP contribution >= 0.6 is 23.2 Å². The molecule has 2 amide bonds. The van der Waals surface area contributed by atoms with Gasteiger partial charge in [0, 0.05) is 29.7 Å². The van der Waals surface area contributed by atoms with Gasteiger partial charge in [0.1, 0.15) is 11.6 Å². The molecule has 0 spiro atoms. The van der Waals surface area contributed by atoms with E-state index in [0.717, 1.165) is 18.4 Å². The van der Waals surface area contributed by atoms with Crippen molar-refractivity contribution in [2.24, 2.45) is 0 Å². The number of hydrogen-bond acceptors (Lipinski definition) is 3. The van der Waals surface area contributed by atoms with Crippen LogP contribution in [0.15, 0.2) is 18.2 Å². The summed E-state index contributed by atoms with van der Waals surface area (Å²) < 4.78 is 5.50. The maximum atomic E-state index is 13.2. The van der Waals surface area contributed by atoms with Gasteiger partial charge in [-0.1, -0.05) is 29.3 Å². The number of hydrogen-bond donors (Lipinski definition) is 0. The Bertz CT molecular complexity index is 688. The molecule has 1 aliphatic heterocycles. The minimum absolute atomic E-state index is 0.0749. The molecule has 1 aromatic carbocycles. The third-order valence-corrected chi connectivity index (χ3v) is 5.07. The number of likely N-dealkylation sites (tertiary alicyclic amines) is 1. The van der Waals surface area contributed by atoms with Crippen LogP contribution in [0.4, 0.5) is 4.79 Å². The SMILES string of the molecule is CCN(Cc1ccc(Cl)cc1Cl)C(=O)C1CCCCN1C(=O)OC(C)(C)C. The topological polar surface area (TPSA) is 49.9 Å². The van der Waals surface area contributed by atoms with Gasteiger partial charge in [-0.25, -0.2) is 4.79 Å². The first kappa shape index (κ1) is 21.8. The van der Waals surface area contributed by atoms with Gasteiger partial charge in [0.2, 0.25) is 5.91 Å². The second-order valence-corrected chi connectivity index (χ2v) is 8.62. The molecule has 0 aliphatic carbocycles. The van der Waals surface area contributed by atoms with Crippen molar-refractivity contribution in [3.8, 4) is 0 Å². The molecule has 150 valence electrons. The largest absolute Gasteiger partial charge is 0.444 e. The fourth-order valence-corrected chi connectivity index (χ4v) is 3.61. The van der Waals surface area contributed by atoms with Crippen LogP contribution in [0, 0.1) is 0 Å². The molecule has 5 nitrogen and oxygen atoms in total. The molecule has 0 saturated carbocycles. The van der Waals surface area contributed by atoms with E-state index < -0.39 is 17.7 Å². The summed E-state index contributed by atoms with van der Waals surface area (Å²) in [5.74, 6) is -0.0749. The van der Waals surface area contributed by atoms with Gasteiger partial charge in [-0.05, 0) is 64.7 Å². The molecule has 27 heavy (non-hydrogen) atoms. The molecule has 1 aromatic rings. The minimum atomic E-state index is -0.594. The van der Waals surface area contributed by atoms with Crippen LogP contribution in [0.1, 0.15) is 52.5 Å². The molecule has 1 heterocycles. The quantitative estimate of drug-likeness (QED) is 0.685. The number of halogens is 2. The molecule has 1 atom stereocenters. The van der Waals surface area contributed by atoms with E-state index in [0.29, 0.717) is 36.1 Å². The van der Waals surface area contributed by atoms with Crippen molar-refractivity contribution < 1.29 is 14.3 Å². The van der Waals surface area contributed by atoms with E-state index in [1.54, 1.807) is 21.9 Å². The molecule has 0 radical (unpaired) electrons. The van der Waals surface area contributed by atoms with Gasteiger partial charge in [-0.3, -0.25) is 9.69 Å². The molecule has 1 saturated heterocycles. The summed E-state index contributed by atoms with van der Waals surface area (Å²) in [6.45, 7) is 8.83. The fourth-order valence-electron chi connectivity index (χ4n) is 3.14. The Balaban J connectivity index is 2.16. The Morgan fingerprint density at radius 2 is 1.96 bits per heavy atom. The molecule has 2 rings (SSSR count). The van der Waals surface area contributed by atoms with Crippen molar-refractivity contribution in [1.29, 1.82) is 0 Å². The zero-order valence-corrected chi connectivity index (χ0v) is 17.9. The van der Waals surface area contributed by atoms with Crippen LogP contribution in [-0.2, 0) is 16.1 Å². The van der Waals surface area contributed by atoms with Gasteiger partial charge >= 0.3 is 6.09 Å². The Labute approximate surface area is 171 Å². The predicted molar refractivity (Wildman–Crippen MR) is 108 cm³/mol. The average molecular weight is 415 g/mol. The number of rotatable bonds is 4. The maximum Gasteiger partial charge on any atom is 0.410 e. The summed E-state index contributed by atoms with van der Waals surface area (Å²) in [5.41, 5.74) is 0.236. The summed E-state index contributed by atoms with van der Waals surface area (Å²) >= 11 is 12.2. The van der Waals surface area contributed by atoms with Gasteiger partial charge in [0.05, 0.1) is 0 Å². The third-order valence-electron chi connectivity index (χ3n) is 4.49. The van der Waals surface area contributed by atoms with Gasteiger partial charge in [-0.15, -0.1) is 0 Å². The lowest BCUT2D eigenvalue weighted by atomic mass is 10.0. The van der Waals surface area contributed by atoms with Crippen LogP contribution in [0.5, 0.6) is 0 Å². The minimum Gasteiger partial charge on any atom is -0.444 e. The van der Waals surface area contributed by atoms with E-state index in [2.05, 4.69) is 0 Å². The van der Waals surface area contributed by atoms with Gasteiger partial charge < -0.3 is 9.64 Å². The smallest absolute Gasteiger partial charge is 0.410 e. The van der Waals surface area contributed by atoms with Gasteiger partial charge in [0.25, 0.3) is 0 Å². The van der Waals surface area contributed by atoms with Crippen LogP contribution in [-0.4, -0.2) is 46.5 Å². The van der Waals surface area contributed by atoms with E-state index in [1.807, 2.05) is 33.8 Å². The Hall–Kier alpha value is -1.46. The van der Waals surface area contributed by atoms with E-state index >= 15 is 0 Å². The number of carbonyl (C=O) groups is 2. The molecule has 0 N–H and O–H groups in total. The Morgan fingerprint density at radius 3 is 2.56 bits per heavy atom. The Kier molecular flexibility index (Phi) is 7.40. The molecule has 1 aliphatic rings. The lowest BCUT2D eigenvalue weighted by Crippen LogP contribution is -2.53. The highest BCUT2D eigenvalue weighted by Gasteiger charge is 2.36. The molecule has 1 unspecified atom stereocenters. The zero-order valence-electron chi connectivity index (χ0n) is 16.4. The van der Waals surface area contributed by atoms with Crippen molar-refractivity contribution in [2.45, 2.75) is 65.1 Å². The van der Waals surface area contributed by atoms with E-state index in [4.69, 9.17) is 27.9 Å². The number of likely N-dealkylation sites (N-methyl/N-ethyl adjacent to an activating group) is 1. The molecule has 1 fully saturated rings. The first-order valence-corrected chi connectivity index (χ1v) is 10.1. The molecular weight excluding hydrogens is 387 g/mol. The number of amides is 2. The second-order valence-electron chi connectivity index (χ2n) is 7.77. The van der Waals surface area contributed by atoms with E-state index in [9.17, 15) is 9.59 Å². The normalized spacial score (nSPS) is 17.6. The van der Waals surface area contributed by atoms with Crippen LogP contribution in [0.25, 0.3) is 0 Å². The van der Waals surface area contributed by atoms with Crippen molar-refractivity contribution >= 4 is 35.2 Å². The summed E-state index contributed by atoms with van der Waals surface area (Å²) in [5, 5.41) is 1.09. The third kappa shape index (κ3) is 6.01. The summed E-state index contributed by atoms with van der Waals surface area (Å²) in [6.07, 6.45) is 2.00. The predicted octanol–water partition coefficient (Wildman–Crippen LogP) is 5.13. The van der Waals surface area contributed by atoms with Crippen molar-refractivity contribution in [3.63, 3.8) is 0 Å². The van der Waals surface area contributed by atoms with Crippen LogP contribution in [0.2, 0.25) is 10.0 Å². The molecule has 0 aromatic heterocycles. The van der Waals surface area contributed by atoms with Crippen molar-refractivity contribution in [3.05, 3.63) is 33.8 Å². The Morgan fingerprint density at radius 1 is 1.26 bits per heavy atom. The fraction of sp³-hybridized carbons (Fsp3) is 0.600. The standard InChI is InChI=1S/C20H28Cl2N2O3/c1-5-23(13-14-9-10-15(21)12-16(14)22)18(25)17-8-6-7-11-24(17)19(26)27-20(2,3)4/h9-10,12,17H,5-8,11,13H2,1-4H3. The lowest BCUT2D eigenvalue weighted by Gasteiger charge is -2.38. The lowest BCUT2D eigenvalue weighted by molar-refractivity contribution is -0.138. The van der Waals surface area contributed by atoms with Crippen molar-refractivity contribution in [2.75, 3.05) is 13.1 Å². The summed E-state index contributed by atoms with van der Waals surface area (Å²) in [6, 6.07) is 4.76. The monoisotopic (exact) mass is 414 g/mol. The number of nitrogens with zero attached hydrogens (tertiary/aromatic N) is 2. The van der Waals surface area contributed by atoms with Gasteiger partial charge in [-0.2, -0.15) is 0 Å². The molecular formula is C20H28Cl2N2O3. The summed E-state index contributed by atoms with van der Waals surface area (Å²) in [7, 11) is 0. The highest BCUT2D eigenvalue weighted by atomic mass is 35.5. The van der Waals surface area contributed by atoms with Crippen LogP contribution < -0.4 is 0 Å². The second kappa shape index (κ2) is 9.16. The number of benzene rings is 1. The number of carbonyl (C=O) groups excluding carboxylic acids is 2. The average Bonchev–Trinajstić information content (AvgIpc) is 2.59. The first-order chi connectivity index (χ1) is 12.6. The van der Waals surface area contributed by atoms with Crippen LogP contribution in [0.3, 0.4) is 0 Å². The number of ether oxygens (including phenoxy) is 1.